The van der Waals surface area contributed by atoms with Crippen LogP contribution in [-0.4, -0.2) is 15.3 Å². The van der Waals surface area contributed by atoms with Crippen LogP contribution in [0.25, 0.3) is 11.0 Å². The van der Waals surface area contributed by atoms with Crippen molar-refractivity contribution in [2.24, 2.45) is 0 Å². The summed E-state index contributed by atoms with van der Waals surface area (Å²) in [7, 11) is 0. The molecule has 1 aromatic carbocycles. The molecule has 0 saturated heterocycles. The van der Waals surface area contributed by atoms with E-state index in [0.29, 0.717) is 0 Å². The van der Waals surface area contributed by atoms with Crippen LogP contribution in [0.2, 0.25) is 5.02 Å². The average Bonchev–Trinajstić information content (AvgIpc) is 2.46. The number of benzene rings is 1. The first kappa shape index (κ1) is 9.03. The normalized spacial score (nSPS) is 10.9. The minimum absolute atomic E-state index is 0.738. The van der Waals surface area contributed by atoms with Crippen molar-refractivity contribution in [2.45, 2.75) is 6.42 Å². The van der Waals surface area contributed by atoms with E-state index in [4.69, 9.17) is 11.6 Å². The number of hydrogen-bond donors (Lipinski definition) is 1. The number of halogens is 2. The smallest absolute Gasteiger partial charge is 0.108 e. The lowest BCUT2D eigenvalue weighted by Gasteiger charge is -1.87. The van der Waals surface area contributed by atoms with Crippen molar-refractivity contribution in [3.63, 3.8) is 0 Å². The highest BCUT2D eigenvalue weighted by molar-refractivity contribution is 9.09. The van der Waals surface area contributed by atoms with Gasteiger partial charge in [-0.25, -0.2) is 4.98 Å². The van der Waals surface area contributed by atoms with E-state index in [1.165, 1.54) is 0 Å². The Labute approximate surface area is 89.4 Å². The highest BCUT2D eigenvalue weighted by Crippen LogP contribution is 2.17. The number of imidazole rings is 1. The van der Waals surface area contributed by atoms with Crippen LogP contribution in [0.5, 0.6) is 0 Å². The lowest BCUT2D eigenvalue weighted by atomic mass is 10.3. The van der Waals surface area contributed by atoms with Gasteiger partial charge in [-0.3, -0.25) is 0 Å². The zero-order chi connectivity index (χ0) is 9.26. The monoisotopic (exact) mass is 258 g/mol. The van der Waals surface area contributed by atoms with Gasteiger partial charge in [0.05, 0.1) is 11.0 Å². The van der Waals surface area contributed by atoms with Crippen LogP contribution in [0.15, 0.2) is 18.2 Å². The Morgan fingerprint density at radius 2 is 2.31 bits per heavy atom. The van der Waals surface area contributed by atoms with Gasteiger partial charge in [-0.05, 0) is 18.2 Å². The van der Waals surface area contributed by atoms with Gasteiger partial charge >= 0.3 is 0 Å². The highest BCUT2D eigenvalue weighted by Gasteiger charge is 2.01. The van der Waals surface area contributed by atoms with Crippen molar-refractivity contribution in [3.8, 4) is 0 Å². The van der Waals surface area contributed by atoms with E-state index in [9.17, 15) is 0 Å². The summed E-state index contributed by atoms with van der Waals surface area (Å²) < 4.78 is 0. The number of alkyl halides is 1. The minimum atomic E-state index is 0.738. The molecular weight excluding hydrogens is 251 g/mol. The van der Waals surface area contributed by atoms with Crippen LogP contribution < -0.4 is 0 Å². The molecule has 0 aliphatic heterocycles. The molecule has 1 N–H and O–H groups in total. The summed E-state index contributed by atoms with van der Waals surface area (Å²) in [5.74, 6) is 0.995. The molecular formula is C9H8BrClN2. The summed E-state index contributed by atoms with van der Waals surface area (Å²) in [5, 5.41) is 1.65. The number of aromatic amines is 1. The molecule has 0 aliphatic rings. The number of rotatable bonds is 2. The molecule has 2 aromatic rings. The third kappa shape index (κ3) is 1.86. The van der Waals surface area contributed by atoms with Crippen LogP contribution in [0.1, 0.15) is 5.82 Å². The standard InChI is InChI=1S/C9H8BrClN2/c10-4-3-9-12-7-2-1-6(11)5-8(7)13-9/h1-2,5H,3-4H2,(H,12,13). The number of H-pyrrole nitrogens is 1. The number of nitrogens with one attached hydrogen (secondary N) is 1. The van der Waals surface area contributed by atoms with Crippen molar-refractivity contribution in [1.82, 2.24) is 9.97 Å². The lowest BCUT2D eigenvalue weighted by molar-refractivity contribution is 1.02. The zero-order valence-electron chi connectivity index (χ0n) is 6.85. The SMILES string of the molecule is Clc1ccc2nc(CCBr)[nH]c2c1. The van der Waals surface area contributed by atoms with Gasteiger partial charge in [0, 0.05) is 16.8 Å². The first-order valence-corrected chi connectivity index (χ1v) is 5.49. The van der Waals surface area contributed by atoms with Crippen LogP contribution in [0.3, 0.4) is 0 Å². The van der Waals surface area contributed by atoms with Gasteiger partial charge in [0.1, 0.15) is 5.82 Å². The maximum atomic E-state index is 5.85. The molecule has 2 nitrogen and oxygen atoms in total. The topological polar surface area (TPSA) is 28.7 Å². The van der Waals surface area contributed by atoms with Gasteiger partial charge < -0.3 is 4.98 Å². The highest BCUT2D eigenvalue weighted by atomic mass is 79.9. The largest absolute Gasteiger partial charge is 0.342 e. The van der Waals surface area contributed by atoms with Gasteiger partial charge in [0.2, 0.25) is 0 Å². The second kappa shape index (κ2) is 3.68. The molecule has 0 spiro atoms. The van der Waals surface area contributed by atoms with E-state index >= 15 is 0 Å². The third-order valence-corrected chi connectivity index (χ3v) is 2.46. The molecule has 0 fully saturated rings. The zero-order valence-corrected chi connectivity index (χ0v) is 9.19. The predicted octanol–water partition coefficient (Wildman–Crippen LogP) is 3.15. The van der Waals surface area contributed by atoms with E-state index in [2.05, 4.69) is 25.9 Å². The van der Waals surface area contributed by atoms with Crippen LogP contribution in [0.4, 0.5) is 0 Å². The molecule has 0 saturated carbocycles. The molecule has 1 aromatic heterocycles. The van der Waals surface area contributed by atoms with Crippen molar-refractivity contribution >= 4 is 38.6 Å². The number of hydrogen-bond acceptors (Lipinski definition) is 1. The van der Waals surface area contributed by atoms with E-state index in [1.807, 2.05) is 18.2 Å². The summed E-state index contributed by atoms with van der Waals surface area (Å²) in [5.41, 5.74) is 1.98. The first-order chi connectivity index (χ1) is 6.29. The number of aromatic nitrogens is 2. The predicted molar refractivity (Wildman–Crippen MR) is 58.6 cm³/mol. The van der Waals surface area contributed by atoms with Crippen molar-refractivity contribution in [2.75, 3.05) is 5.33 Å². The van der Waals surface area contributed by atoms with E-state index in [-0.39, 0.29) is 0 Å². The molecule has 1 heterocycles. The number of nitrogens with zero attached hydrogens (tertiary/aromatic N) is 1. The first-order valence-electron chi connectivity index (χ1n) is 4.00. The minimum Gasteiger partial charge on any atom is -0.342 e. The Kier molecular flexibility index (Phi) is 2.56. The average molecular weight is 260 g/mol. The van der Waals surface area contributed by atoms with Crippen molar-refractivity contribution < 1.29 is 0 Å². The fourth-order valence-electron chi connectivity index (χ4n) is 1.24. The Balaban J connectivity index is 2.49. The van der Waals surface area contributed by atoms with Gasteiger partial charge in [-0.15, -0.1) is 0 Å². The molecule has 13 heavy (non-hydrogen) atoms. The van der Waals surface area contributed by atoms with Gasteiger partial charge in [-0.2, -0.15) is 0 Å². The summed E-state index contributed by atoms with van der Waals surface area (Å²) in [6, 6.07) is 5.66. The Morgan fingerprint density at radius 1 is 1.46 bits per heavy atom. The van der Waals surface area contributed by atoms with Crippen LogP contribution in [0, 0.1) is 0 Å². The Hall–Kier alpha value is -0.540. The fraction of sp³-hybridized carbons (Fsp3) is 0.222. The van der Waals surface area contributed by atoms with Crippen LogP contribution in [-0.2, 0) is 6.42 Å². The van der Waals surface area contributed by atoms with Crippen LogP contribution >= 0.6 is 27.5 Å². The summed E-state index contributed by atoms with van der Waals surface area (Å²) in [6.45, 7) is 0. The number of aryl methyl sites for hydroxylation is 1. The quantitative estimate of drug-likeness (QED) is 0.825. The molecule has 0 radical (unpaired) electrons. The molecule has 2 rings (SSSR count). The summed E-state index contributed by atoms with van der Waals surface area (Å²) in [4.78, 5) is 7.61. The summed E-state index contributed by atoms with van der Waals surface area (Å²) in [6.07, 6.45) is 0.909. The molecule has 0 atom stereocenters. The Bertz CT molecular complexity index is 424. The molecule has 0 amide bonds. The molecule has 0 unspecified atom stereocenters. The Morgan fingerprint density at radius 3 is 3.08 bits per heavy atom. The molecule has 0 bridgehead atoms. The maximum Gasteiger partial charge on any atom is 0.108 e. The molecule has 4 heteroatoms. The number of fused-ring (bicyclic) bond motifs is 1. The van der Waals surface area contributed by atoms with E-state index < -0.39 is 0 Å². The molecule has 68 valence electrons. The van der Waals surface area contributed by atoms with Gasteiger partial charge in [0.25, 0.3) is 0 Å². The third-order valence-electron chi connectivity index (χ3n) is 1.82. The second-order valence-corrected chi connectivity index (χ2v) is 4.01. The van der Waals surface area contributed by atoms with Gasteiger partial charge in [0.15, 0.2) is 0 Å². The van der Waals surface area contributed by atoms with E-state index in [0.717, 1.165) is 33.6 Å². The lowest BCUT2D eigenvalue weighted by Crippen LogP contribution is -1.86. The van der Waals surface area contributed by atoms with Crippen molar-refractivity contribution in [1.29, 1.82) is 0 Å². The summed E-state index contributed by atoms with van der Waals surface area (Å²) >= 11 is 9.22. The van der Waals surface area contributed by atoms with Crippen molar-refractivity contribution in [3.05, 3.63) is 29.0 Å². The fourth-order valence-corrected chi connectivity index (χ4v) is 1.79. The maximum absolute atomic E-state index is 5.85. The van der Waals surface area contributed by atoms with E-state index in [1.54, 1.807) is 0 Å². The molecule has 0 aliphatic carbocycles. The van der Waals surface area contributed by atoms with Gasteiger partial charge in [-0.1, -0.05) is 27.5 Å². The second-order valence-electron chi connectivity index (χ2n) is 2.78.